The molecular weight excluding hydrogens is 226 g/mol. The molecule has 0 aromatic heterocycles. The average molecular weight is 239 g/mol. The van der Waals surface area contributed by atoms with E-state index in [4.69, 9.17) is 10.2 Å². The lowest BCUT2D eigenvalue weighted by atomic mass is 9.94. The van der Waals surface area contributed by atoms with Gasteiger partial charge in [0, 0.05) is 12.2 Å². The first-order valence-corrected chi connectivity index (χ1v) is 4.77. The second-order valence-electron chi connectivity index (χ2n) is 3.59. The highest BCUT2D eigenvalue weighted by molar-refractivity contribution is 5.80. The van der Waals surface area contributed by atoms with Crippen molar-refractivity contribution in [3.05, 3.63) is 24.3 Å². The lowest BCUT2D eigenvalue weighted by Crippen LogP contribution is -2.20. The number of rotatable bonds is 7. The summed E-state index contributed by atoms with van der Waals surface area (Å²) in [5.74, 6) is -2.19. The average Bonchev–Trinajstić information content (AvgIpc) is 2.16. The summed E-state index contributed by atoms with van der Waals surface area (Å²) in [7, 11) is 0. The molecular formula is C11H13NO5. The largest absolute Gasteiger partial charge is 0.478 e. The Morgan fingerprint density at radius 2 is 1.59 bits per heavy atom. The summed E-state index contributed by atoms with van der Waals surface area (Å²) in [5.41, 5.74) is -0.875. The van der Waals surface area contributed by atoms with Crippen LogP contribution in [0, 0.1) is 0 Å². The normalized spacial score (nSPS) is 14.4. The second kappa shape index (κ2) is 7.14. The van der Waals surface area contributed by atoms with Crippen molar-refractivity contribution >= 4 is 18.0 Å². The molecule has 0 rings (SSSR count). The molecule has 0 aliphatic rings. The summed E-state index contributed by atoms with van der Waals surface area (Å²) in [4.78, 5) is 34.3. The SMILES string of the molecule is CC(CC=CC(=O)O)(CC=CC(=O)O)N=C=O. The molecule has 0 radical (unpaired) electrons. The Morgan fingerprint density at radius 1 is 1.18 bits per heavy atom. The molecule has 6 heteroatoms. The number of aliphatic imine (C=N–C) groups is 1. The van der Waals surface area contributed by atoms with Gasteiger partial charge in [-0.05, 0) is 19.8 Å². The van der Waals surface area contributed by atoms with E-state index in [1.807, 2.05) is 0 Å². The van der Waals surface area contributed by atoms with E-state index < -0.39 is 17.5 Å². The summed E-state index contributed by atoms with van der Waals surface area (Å²) in [6.07, 6.45) is 6.42. The number of carboxylic acids is 2. The topological polar surface area (TPSA) is 104 Å². The molecule has 0 fully saturated rings. The van der Waals surface area contributed by atoms with Crippen LogP contribution in [-0.2, 0) is 14.4 Å². The third kappa shape index (κ3) is 7.70. The van der Waals surface area contributed by atoms with Crippen molar-refractivity contribution in [3.63, 3.8) is 0 Å². The Balaban J connectivity index is 4.61. The maximum Gasteiger partial charge on any atom is 0.327 e. The van der Waals surface area contributed by atoms with E-state index in [9.17, 15) is 14.4 Å². The fourth-order valence-electron chi connectivity index (χ4n) is 1.11. The van der Waals surface area contributed by atoms with Gasteiger partial charge in [-0.25, -0.2) is 14.4 Å². The minimum Gasteiger partial charge on any atom is -0.478 e. The lowest BCUT2D eigenvalue weighted by molar-refractivity contribution is -0.132. The molecule has 2 N–H and O–H groups in total. The van der Waals surface area contributed by atoms with Crippen molar-refractivity contribution in [2.45, 2.75) is 25.3 Å². The molecule has 0 bridgehead atoms. The van der Waals surface area contributed by atoms with E-state index in [0.29, 0.717) is 0 Å². The van der Waals surface area contributed by atoms with E-state index in [1.165, 1.54) is 18.2 Å². The minimum atomic E-state index is -1.09. The number of hydrogen-bond donors (Lipinski definition) is 2. The Kier molecular flexibility index (Phi) is 6.21. The van der Waals surface area contributed by atoms with Crippen molar-refractivity contribution in [1.29, 1.82) is 0 Å². The van der Waals surface area contributed by atoms with Gasteiger partial charge in [0.25, 0.3) is 0 Å². The zero-order chi connectivity index (χ0) is 13.3. The molecule has 0 aromatic carbocycles. The number of carboxylic acid groups (broad SMARTS) is 2. The number of carbonyl (C=O) groups excluding carboxylic acids is 1. The first-order valence-electron chi connectivity index (χ1n) is 4.77. The fourth-order valence-corrected chi connectivity index (χ4v) is 1.11. The van der Waals surface area contributed by atoms with Crippen LogP contribution in [0.1, 0.15) is 19.8 Å². The van der Waals surface area contributed by atoms with Crippen LogP contribution in [0.3, 0.4) is 0 Å². The minimum absolute atomic E-state index is 0.207. The molecule has 0 aliphatic carbocycles. The molecule has 0 aromatic rings. The lowest BCUT2D eigenvalue weighted by Gasteiger charge is -2.19. The third-order valence-electron chi connectivity index (χ3n) is 1.95. The Morgan fingerprint density at radius 3 is 1.88 bits per heavy atom. The van der Waals surface area contributed by atoms with Gasteiger partial charge in [0.15, 0.2) is 0 Å². The van der Waals surface area contributed by atoms with Crippen molar-refractivity contribution in [1.82, 2.24) is 0 Å². The highest BCUT2D eigenvalue weighted by Gasteiger charge is 2.20. The van der Waals surface area contributed by atoms with Crippen LogP contribution in [0.15, 0.2) is 29.3 Å². The standard InChI is InChI=1S/C11H13NO5/c1-11(12-8-13,6-2-4-9(14)15)7-3-5-10(16)17/h2-5H,6-7H2,1H3,(H,14,15)(H,16,17). The number of nitrogens with zero attached hydrogens (tertiary/aromatic N) is 1. The highest BCUT2D eigenvalue weighted by atomic mass is 16.4. The predicted octanol–water partition coefficient (Wildman–Crippen LogP) is 1.14. The Hall–Kier alpha value is -2.20. The molecule has 0 atom stereocenters. The molecule has 0 heterocycles. The molecule has 0 amide bonds. The first-order chi connectivity index (χ1) is 7.89. The highest BCUT2D eigenvalue weighted by Crippen LogP contribution is 2.20. The smallest absolute Gasteiger partial charge is 0.327 e. The summed E-state index contributed by atoms with van der Waals surface area (Å²) < 4.78 is 0. The summed E-state index contributed by atoms with van der Waals surface area (Å²) in [6, 6.07) is 0. The van der Waals surface area contributed by atoms with Gasteiger partial charge in [-0.1, -0.05) is 12.2 Å². The van der Waals surface area contributed by atoms with Crippen LogP contribution in [0.5, 0.6) is 0 Å². The molecule has 0 saturated carbocycles. The van der Waals surface area contributed by atoms with Crippen molar-refractivity contribution in [2.24, 2.45) is 4.99 Å². The number of aliphatic carboxylic acids is 2. The van der Waals surface area contributed by atoms with Crippen LogP contribution in [0.4, 0.5) is 0 Å². The zero-order valence-corrected chi connectivity index (χ0v) is 9.29. The van der Waals surface area contributed by atoms with Gasteiger partial charge in [0.2, 0.25) is 6.08 Å². The molecule has 0 aliphatic heterocycles. The van der Waals surface area contributed by atoms with Crippen LogP contribution in [0.2, 0.25) is 0 Å². The van der Waals surface area contributed by atoms with E-state index in [2.05, 4.69) is 4.99 Å². The molecule has 0 saturated heterocycles. The Bertz CT molecular complexity index is 365. The molecule has 0 unspecified atom stereocenters. The number of isocyanates is 1. The quantitative estimate of drug-likeness (QED) is 0.394. The first kappa shape index (κ1) is 14.8. The fraction of sp³-hybridized carbons (Fsp3) is 0.364. The van der Waals surface area contributed by atoms with E-state index >= 15 is 0 Å². The van der Waals surface area contributed by atoms with Gasteiger partial charge in [-0.2, -0.15) is 4.99 Å². The van der Waals surface area contributed by atoms with Crippen molar-refractivity contribution < 1.29 is 24.6 Å². The molecule has 92 valence electrons. The van der Waals surface area contributed by atoms with E-state index in [0.717, 1.165) is 12.2 Å². The Labute approximate surface area is 98.0 Å². The van der Waals surface area contributed by atoms with Gasteiger partial charge in [0.1, 0.15) is 0 Å². The van der Waals surface area contributed by atoms with Crippen molar-refractivity contribution in [3.8, 4) is 0 Å². The van der Waals surface area contributed by atoms with Crippen molar-refractivity contribution in [2.75, 3.05) is 0 Å². The summed E-state index contributed by atoms with van der Waals surface area (Å²) in [5, 5.41) is 16.8. The third-order valence-corrected chi connectivity index (χ3v) is 1.95. The van der Waals surface area contributed by atoms with Gasteiger partial charge in [-0.15, -0.1) is 0 Å². The summed E-state index contributed by atoms with van der Waals surface area (Å²) >= 11 is 0. The number of hydrogen-bond acceptors (Lipinski definition) is 4. The van der Waals surface area contributed by atoms with Crippen LogP contribution in [-0.4, -0.2) is 33.8 Å². The monoisotopic (exact) mass is 239 g/mol. The van der Waals surface area contributed by atoms with Crippen LogP contribution >= 0.6 is 0 Å². The number of carbonyl (C=O) groups is 2. The maximum absolute atomic E-state index is 10.3. The van der Waals surface area contributed by atoms with Gasteiger partial charge >= 0.3 is 11.9 Å². The van der Waals surface area contributed by atoms with E-state index in [-0.39, 0.29) is 12.8 Å². The maximum atomic E-state index is 10.3. The second-order valence-corrected chi connectivity index (χ2v) is 3.59. The zero-order valence-electron chi connectivity index (χ0n) is 9.29. The van der Waals surface area contributed by atoms with Gasteiger partial charge in [0.05, 0.1) is 5.54 Å². The molecule has 0 spiro atoms. The van der Waals surface area contributed by atoms with E-state index in [1.54, 1.807) is 6.92 Å². The van der Waals surface area contributed by atoms with Gasteiger partial charge < -0.3 is 10.2 Å². The summed E-state index contributed by atoms with van der Waals surface area (Å²) in [6.45, 7) is 1.61. The van der Waals surface area contributed by atoms with Crippen LogP contribution < -0.4 is 0 Å². The molecule has 6 nitrogen and oxygen atoms in total. The molecule has 17 heavy (non-hydrogen) atoms. The predicted molar refractivity (Wildman–Crippen MR) is 59.3 cm³/mol. The van der Waals surface area contributed by atoms with Crippen LogP contribution in [0.25, 0.3) is 0 Å². The van der Waals surface area contributed by atoms with Gasteiger partial charge in [-0.3, -0.25) is 0 Å².